The number of hydrogen-bond acceptors (Lipinski definition) is 3. The van der Waals surface area contributed by atoms with Crippen LogP contribution in [0.25, 0.3) is 0 Å². The lowest BCUT2D eigenvalue weighted by atomic mass is 10.2. The predicted molar refractivity (Wildman–Crippen MR) is 80.5 cm³/mol. The van der Waals surface area contributed by atoms with E-state index >= 15 is 0 Å². The van der Waals surface area contributed by atoms with Crippen molar-refractivity contribution in [1.29, 1.82) is 0 Å². The van der Waals surface area contributed by atoms with Crippen LogP contribution in [-0.2, 0) is 10.0 Å². The van der Waals surface area contributed by atoms with Crippen molar-refractivity contribution >= 4 is 37.3 Å². The molecule has 0 radical (unpaired) electrons. The first-order valence-electron chi connectivity index (χ1n) is 5.74. The molecule has 3 N–H and O–H groups in total. The Balaban J connectivity index is 2.48. The number of rotatable bonds is 3. The van der Waals surface area contributed by atoms with Crippen molar-refractivity contribution in [3.8, 4) is 0 Å². The van der Waals surface area contributed by atoms with Gasteiger partial charge in [0.1, 0.15) is 16.5 Å². The van der Waals surface area contributed by atoms with Crippen LogP contribution in [0.1, 0.15) is 5.56 Å². The maximum Gasteiger partial charge on any atom is 0.263 e. The third-order valence-electron chi connectivity index (χ3n) is 2.78. The number of nitrogens with two attached hydrogens (primary N) is 1. The number of hydrogen-bond donors (Lipinski definition) is 2. The first-order valence-corrected chi connectivity index (χ1v) is 8.02. The van der Waals surface area contributed by atoms with Gasteiger partial charge < -0.3 is 5.73 Å². The highest BCUT2D eigenvalue weighted by Gasteiger charge is 2.21. The summed E-state index contributed by atoms with van der Waals surface area (Å²) in [5.74, 6) is -1.31. The highest BCUT2D eigenvalue weighted by atomic mass is 79.9. The quantitative estimate of drug-likeness (QED) is 0.806. The van der Waals surface area contributed by atoms with Crippen molar-refractivity contribution in [2.45, 2.75) is 11.8 Å². The molecule has 8 heteroatoms. The molecule has 0 unspecified atom stereocenters. The summed E-state index contributed by atoms with van der Waals surface area (Å²) in [6.07, 6.45) is 0. The molecular weight excluding hydrogens is 366 g/mol. The van der Waals surface area contributed by atoms with Gasteiger partial charge in [0, 0.05) is 4.47 Å². The first kappa shape index (κ1) is 15.7. The number of anilines is 2. The molecule has 2 rings (SSSR count). The van der Waals surface area contributed by atoms with Gasteiger partial charge in [-0.1, -0.05) is 6.07 Å². The lowest BCUT2D eigenvalue weighted by molar-refractivity contribution is 0.599. The molecular formula is C13H11BrF2N2O2S. The zero-order chi connectivity index (χ0) is 15.8. The van der Waals surface area contributed by atoms with E-state index in [0.29, 0.717) is 5.56 Å². The summed E-state index contributed by atoms with van der Waals surface area (Å²) in [6, 6.07) is 5.69. The summed E-state index contributed by atoms with van der Waals surface area (Å²) in [7, 11) is -4.03. The number of aryl methyl sites for hydroxylation is 1. The molecule has 2 aromatic rings. The van der Waals surface area contributed by atoms with E-state index in [1.54, 1.807) is 6.92 Å². The van der Waals surface area contributed by atoms with Crippen LogP contribution >= 0.6 is 15.9 Å². The van der Waals surface area contributed by atoms with Crippen molar-refractivity contribution in [3.05, 3.63) is 52.0 Å². The average molecular weight is 377 g/mol. The molecule has 0 amide bonds. The minimum atomic E-state index is -4.03. The fourth-order valence-electron chi connectivity index (χ4n) is 1.65. The van der Waals surface area contributed by atoms with Crippen LogP contribution in [0, 0.1) is 18.6 Å². The van der Waals surface area contributed by atoms with E-state index in [9.17, 15) is 17.2 Å². The Morgan fingerprint density at radius 3 is 2.52 bits per heavy atom. The van der Waals surface area contributed by atoms with Crippen LogP contribution < -0.4 is 10.5 Å². The second kappa shape index (κ2) is 5.61. The number of sulfonamides is 1. The maximum atomic E-state index is 13.3. The third-order valence-corrected chi connectivity index (χ3v) is 5.11. The molecule has 0 saturated carbocycles. The molecule has 0 fully saturated rings. The van der Waals surface area contributed by atoms with E-state index in [2.05, 4.69) is 20.7 Å². The zero-order valence-corrected chi connectivity index (χ0v) is 13.2. The van der Waals surface area contributed by atoms with E-state index < -0.39 is 21.7 Å². The van der Waals surface area contributed by atoms with Crippen molar-refractivity contribution in [2.75, 3.05) is 10.5 Å². The predicted octanol–water partition coefficient (Wildman–Crippen LogP) is 3.42. The van der Waals surface area contributed by atoms with Gasteiger partial charge in [-0.15, -0.1) is 0 Å². The fraction of sp³-hybridized carbons (Fsp3) is 0.0769. The van der Waals surface area contributed by atoms with Crippen LogP contribution in [-0.4, -0.2) is 8.42 Å². The Morgan fingerprint density at radius 2 is 1.86 bits per heavy atom. The fourth-order valence-corrected chi connectivity index (χ4v) is 3.83. The summed E-state index contributed by atoms with van der Waals surface area (Å²) in [5, 5.41) is 0. The smallest absolute Gasteiger partial charge is 0.263 e. The van der Waals surface area contributed by atoms with Gasteiger partial charge in [-0.25, -0.2) is 17.2 Å². The summed E-state index contributed by atoms with van der Waals surface area (Å²) in [5.41, 5.74) is 5.74. The Hall–Kier alpha value is -1.67. The molecule has 0 aromatic heterocycles. The molecule has 0 aliphatic heterocycles. The summed E-state index contributed by atoms with van der Waals surface area (Å²) < 4.78 is 53.4. The minimum Gasteiger partial charge on any atom is -0.396 e. The monoisotopic (exact) mass is 376 g/mol. The van der Waals surface area contributed by atoms with Gasteiger partial charge in [-0.05, 0) is 52.7 Å². The second-order valence-corrected chi connectivity index (χ2v) is 6.87. The largest absolute Gasteiger partial charge is 0.396 e. The van der Waals surface area contributed by atoms with E-state index in [0.717, 1.165) is 18.2 Å². The molecule has 0 heterocycles. The van der Waals surface area contributed by atoms with Crippen molar-refractivity contribution in [2.24, 2.45) is 0 Å². The molecule has 0 saturated heterocycles. The van der Waals surface area contributed by atoms with Crippen molar-refractivity contribution < 1.29 is 17.2 Å². The highest BCUT2D eigenvalue weighted by Crippen LogP contribution is 2.29. The van der Waals surface area contributed by atoms with E-state index in [-0.39, 0.29) is 20.7 Å². The molecule has 4 nitrogen and oxygen atoms in total. The zero-order valence-electron chi connectivity index (χ0n) is 10.8. The number of nitrogens with one attached hydrogen (secondary N) is 1. The second-order valence-electron chi connectivity index (χ2n) is 4.37. The summed E-state index contributed by atoms with van der Waals surface area (Å²) in [4.78, 5) is -0.231. The average Bonchev–Trinajstić information content (AvgIpc) is 2.37. The van der Waals surface area contributed by atoms with Gasteiger partial charge in [-0.2, -0.15) is 0 Å². The van der Waals surface area contributed by atoms with Crippen LogP contribution in [0.15, 0.2) is 39.7 Å². The molecule has 112 valence electrons. The molecule has 0 aliphatic rings. The van der Waals surface area contributed by atoms with Gasteiger partial charge in [0.25, 0.3) is 10.0 Å². The van der Waals surface area contributed by atoms with Gasteiger partial charge >= 0.3 is 0 Å². The third kappa shape index (κ3) is 3.33. The van der Waals surface area contributed by atoms with Gasteiger partial charge in [0.2, 0.25) is 0 Å². The van der Waals surface area contributed by atoms with E-state index in [1.807, 2.05) is 0 Å². The Labute approximate surface area is 129 Å². The molecule has 0 bridgehead atoms. The van der Waals surface area contributed by atoms with Crippen LogP contribution in [0.5, 0.6) is 0 Å². The summed E-state index contributed by atoms with van der Waals surface area (Å²) >= 11 is 2.97. The lowest BCUT2D eigenvalue weighted by Gasteiger charge is -2.12. The molecule has 0 aliphatic carbocycles. The lowest BCUT2D eigenvalue weighted by Crippen LogP contribution is -2.15. The number of benzene rings is 2. The number of halogens is 3. The van der Waals surface area contributed by atoms with Crippen molar-refractivity contribution in [3.63, 3.8) is 0 Å². The molecule has 21 heavy (non-hydrogen) atoms. The Bertz CT molecular complexity index is 810. The molecule has 2 aromatic carbocycles. The SMILES string of the molecule is Cc1ccc(F)cc1NS(=O)(=O)c1cc(N)c(F)cc1Br. The van der Waals surface area contributed by atoms with Crippen LogP contribution in [0.3, 0.4) is 0 Å². The minimum absolute atomic E-state index is 0.0238. The van der Waals surface area contributed by atoms with Crippen LogP contribution in [0.4, 0.5) is 20.2 Å². The van der Waals surface area contributed by atoms with Gasteiger partial charge in [0.05, 0.1) is 11.4 Å². The van der Waals surface area contributed by atoms with Crippen molar-refractivity contribution in [1.82, 2.24) is 0 Å². The number of nitrogen functional groups attached to an aromatic ring is 1. The van der Waals surface area contributed by atoms with E-state index in [1.165, 1.54) is 12.1 Å². The maximum absolute atomic E-state index is 13.3. The van der Waals surface area contributed by atoms with Gasteiger partial charge in [0.15, 0.2) is 0 Å². The Kier molecular flexibility index (Phi) is 4.20. The molecule has 0 atom stereocenters. The topological polar surface area (TPSA) is 72.2 Å². The normalized spacial score (nSPS) is 11.4. The first-order chi connectivity index (χ1) is 9.70. The van der Waals surface area contributed by atoms with Crippen LogP contribution in [0.2, 0.25) is 0 Å². The Morgan fingerprint density at radius 1 is 1.19 bits per heavy atom. The standard InChI is InChI=1S/C13H11BrF2N2O2S/c1-7-2-3-8(15)4-12(7)18-21(19,20)13-6-11(17)10(16)5-9(13)14/h2-6,18H,17H2,1H3. The van der Waals surface area contributed by atoms with E-state index in [4.69, 9.17) is 5.73 Å². The summed E-state index contributed by atoms with van der Waals surface area (Å²) in [6.45, 7) is 1.63. The highest BCUT2D eigenvalue weighted by molar-refractivity contribution is 9.10. The molecule has 0 spiro atoms. The van der Waals surface area contributed by atoms with Gasteiger partial charge in [-0.3, -0.25) is 4.72 Å².